The van der Waals surface area contributed by atoms with E-state index in [2.05, 4.69) is 10.0 Å². The summed E-state index contributed by atoms with van der Waals surface area (Å²) in [6, 6.07) is 4.81. The van der Waals surface area contributed by atoms with Crippen molar-refractivity contribution >= 4 is 21.6 Å². The van der Waals surface area contributed by atoms with Crippen molar-refractivity contribution in [3.05, 3.63) is 28.8 Å². The molecule has 0 aliphatic heterocycles. The molecular weight excluding hydrogens is 272 g/mol. The fourth-order valence-corrected chi connectivity index (χ4v) is 2.89. The van der Waals surface area contributed by atoms with Crippen LogP contribution in [0.1, 0.15) is 25.8 Å². The molecule has 1 aromatic rings. The van der Waals surface area contributed by atoms with Gasteiger partial charge in [0.05, 0.1) is 4.90 Å². The molecular formula is C12H19ClN2O2S. The Morgan fingerprint density at radius 3 is 2.56 bits per heavy atom. The third kappa shape index (κ3) is 4.24. The lowest BCUT2D eigenvalue weighted by Crippen LogP contribution is -2.24. The van der Waals surface area contributed by atoms with Gasteiger partial charge in [0.2, 0.25) is 10.0 Å². The van der Waals surface area contributed by atoms with Gasteiger partial charge in [0.1, 0.15) is 0 Å². The molecule has 0 saturated carbocycles. The van der Waals surface area contributed by atoms with Crippen LogP contribution in [0.3, 0.4) is 0 Å². The summed E-state index contributed by atoms with van der Waals surface area (Å²) in [5, 5.41) is 3.62. The maximum atomic E-state index is 11.9. The maximum absolute atomic E-state index is 11.9. The minimum Gasteiger partial charge on any atom is -0.313 e. The minimum atomic E-state index is -3.44. The first-order valence-corrected chi connectivity index (χ1v) is 7.86. The Morgan fingerprint density at radius 2 is 2.00 bits per heavy atom. The van der Waals surface area contributed by atoms with Crippen molar-refractivity contribution in [1.82, 2.24) is 10.0 Å². The first-order valence-electron chi connectivity index (χ1n) is 6.00. The third-order valence-electron chi connectivity index (χ3n) is 2.44. The molecule has 2 N–H and O–H groups in total. The van der Waals surface area contributed by atoms with Crippen LogP contribution in [0.4, 0.5) is 0 Å². The van der Waals surface area contributed by atoms with E-state index in [0.29, 0.717) is 18.1 Å². The molecule has 1 aromatic carbocycles. The predicted octanol–water partition coefficient (Wildman–Crippen LogP) is 2.14. The summed E-state index contributed by atoms with van der Waals surface area (Å²) in [5.41, 5.74) is 0.896. The van der Waals surface area contributed by atoms with Crippen LogP contribution < -0.4 is 10.0 Å². The molecule has 0 spiro atoms. The highest BCUT2D eigenvalue weighted by Gasteiger charge is 2.14. The lowest BCUT2D eigenvalue weighted by Gasteiger charge is -2.09. The predicted molar refractivity (Wildman–Crippen MR) is 74.3 cm³/mol. The normalized spacial score (nSPS) is 11.7. The van der Waals surface area contributed by atoms with Gasteiger partial charge in [-0.1, -0.05) is 31.5 Å². The second kappa shape index (κ2) is 7.09. The SMILES string of the molecule is CCCNS(=O)(=O)c1ccc(CNCC)c(Cl)c1. The average molecular weight is 291 g/mol. The zero-order valence-corrected chi connectivity index (χ0v) is 12.2. The maximum Gasteiger partial charge on any atom is 0.240 e. The molecule has 0 saturated heterocycles. The summed E-state index contributed by atoms with van der Waals surface area (Å²) >= 11 is 6.07. The van der Waals surface area contributed by atoms with Crippen molar-refractivity contribution in [3.8, 4) is 0 Å². The summed E-state index contributed by atoms with van der Waals surface area (Å²) in [7, 11) is -3.44. The fourth-order valence-electron chi connectivity index (χ4n) is 1.42. The van der Waals surface area contributed by atoms with Crippen molar-refractivity contribution < 1.29 is 8.42 Å². The fraction of sp³-hybridized carbons (Fsp3) is 0.500. The van der Waals surface area contributed by atoms with E-state index in [-0.39, 0.29) is 4.90 Å². The summed E-state index contributed by atoms with van der Waals surface area (Å²) in [6.45, 7) is 5.82. The van der Waals surface area contributed by atoms with E-state index >= 15 is 0 Å². The smallest absolute Gasteiger partial charge is 0.240 e. The van der Waals surface area contributed by atoms with Crippen molar-refractivity contribution in [3.63, 3.8) is 0 Å². The standard InChI is InChI=1S/C12H19ClN2O2S/c1-3-7-15-18(16,17)11-6-5-10(9-14-4-2)12(13)8-11/h5-6,8,14-15H,3-4,7,9H2,1-2H3. The first kappa shape index (κ1) is 15.4. The summed E-state index contributed by atoms with van der Waals surface area (Å²) < 4.78 is 26.3. The molecule has 0 radical (unpaired) electrons. The zero-order valence-electron chi connectivity index (χ0n) is 10.7. The van der Waals surface area contributed by atoms with Gasteiger partial charge >= 0.3 is 0 Å². The molecule has 102 valence electrons. The van der Waals surface area contributed by atoms with E-state index in [0.717, 1.165) is 18.5 Å². The summed E-state index contributed by atoms with van der Waals surface area (Å²) in [4.78, 5) is 0.209. The molecule has 0 aromatic heterocycles. The number of hydrogen-bond acceptors (Lipinski definition) is 3. The Morgan fingerprint density at radius 1 is 1.28 bits per heavy atom. The molecule has 0 bridgehead atoms. The van der Waals surface area contributed by atoms with E-state index in [1.807, 2.05) is 13.8 Å². The molecule has 0 fully saturated rings. The topological polar surface area (TPSA) is 58.2 Å². The van der Waals surface area contributed by atoms with E-state index in [9.17, 15) is 8.42 Å². The number of nitrogens with one attached hydrogen (secondary N) is 2. The minimum absolute atomic E-state index is 0.209. The molecule has 0 unspecified atom stereocenters. The molecule has 0 atom stereocenters. The van der Waals surface area contributed by atoms with Gasteiger partial charge in [-0.3, -0.25) is 0 Å². The largest absolute Gasteiger partial charge is 0.313 e. The van der Waals surface area contributed by atoms with E-state index in [1.54, 1.807) is 12.1 Å². The Balaban J connectivity index is 2.89. The van der Waals surface area contributed by atoms with Crippen LogP contribution in [0.25, 0.3) is 0 Å². The van der Waals surface area contributed by atoms with Crippen molar-refractivity contribution in [2.75, 3.05) is 13.1 Å². The van der Waals surface area contributed by atoms with Gasteiger partial charge in [-0.2, -0.15) is 0 Å². The van der Waals surface area contributed by atoms with Crippen LogP contribution in [-0.2, 0) is 16.6 Å². The highest BCUT2D eigenvalue weighted by atomic mass is 35.5. The Kier molecular flexibility index (Phi) is 6.08. The van der Waals surface area contributed by atoms with Gasteiger partial charge < -0.3 is 5.32 Å². The highest BCUT2D eigenvalue weighted by molar-refractivity contribution is 7.89. The second-order valence-electron chi connectivity index (χ2n) is 3.93. The number of hydrogen-bond donors (Lipinski definition) is 2. The molecule has 0 aliphatic rings. The molecule has 4 nitrogen and oxygen atoms in total. The van der Waals surface area contributed by atoms with Crippen LogP contribution in [0.15, 0.2) is 23.1 Å². The van der Waals surface area contributed by atoms with Gasteiger partial charge in [-0.05, 0) is 30.7 Å². The highest BCUT2D eigenvalue weighted by Crippen LogP contribution is 2.20. The van der Waals surface area contributed by atoms with Gasteiger partial charge in [-0.25, -0.2) is 13.1 Å². The lowest BCUT2D eigenvalue weighted by molar-refractivity contribution is 0.580. The Hall–Kier alpha value is -0.620. The van der Waals surface area contributed by atoms with E-state index in [4.69, 9.17) is 11.6 Å². The monoisotopic (exact) mass is 290 g/mol. The van der Waals surface area contributed by atoms with Gasteiger partial charge in [0, 0.05) is 18.1 Å². The summed E-state index contributed by atoms with van der Waals surface area (Å²) in [6.07, 6.45) is 0.755. The number of rotatable bonds is 7. The third-order valence-corrected chi connectivity index (χ3v) is 4.25. The Bertz CT molecular complexity index is 489. The van der Waals surface area contributed by atoms with E-state index in [1.165, 1.54) is 6.07 Å². The van der Waals surface area contributed by atoms with Crippen LogP contribution in [0.5, 0.6) is 0 Å². The van der Waals surface area contributed by atoms with Gasteiger partial charge in [0.15, 0.2) is 0 Å². The van der Waals surface area contributed by atoms with Gasteiger partial charge in [-0.15, -0.1) is 0 Å². The van der Waals surface area contributed by atoms with E-state index < -0.39 is 10.0 Å². The number of benzene rings is 1. The molecule has 1 rings (SSSR count). The Labute approximate surface area is 114 Å². The molecule has 0 aliphatic carbocycles. The van der Waals surface area contributed by atoms with Crippen LogP contribution in [0, 0.1) is 0 Å². The van der Waals surface area contributed by atoms with Crippen LogP contribution in [0.2, 0.25) is 5.02 Å². The molecule has 0 heterocycles. The molecule has 0 amide bonds. The van der Waals surface area contributed by atoms with Crippen molar-refractivity contribution in [2.24, 2.45) is 0 Å². The average Bonchev–Trinajstić information content (AvgIpc) is 2.35. The second-order valence-corrected chi connectivity index (χ2v) is 6.11. The van der Waals surface area contributed by atoms with Crippen LogP contribution >= 0.6 is 11.6 Å². The van der Waals surface area contributed by atoms with Crippen molar-refractivity contribution in [2.45, 2.75) is 31.7 Å². The number of halogens is 1. The quantitative estimate of drug-likeness (QED) is 0.809. The first-order chi connectivity index (χ1) is 8.51. The van der Waals surface area contributed by atoms with Gasteiger partial charge in [0.25, 0.3) is 0 Å². The molecule has 6 heteroatoms. The zero-order chi connectivity index (χ0) is 13.6. The van der Waals surface area contributed by atoms with Crippen molar-refractivity contribution in [1.29, 1.82) is 0 Å². The number of sulfonamides is 1. The summed E-state index contributed by atoms with van der Waals surface area (Å²) in [5.74, 6) is 0. The molecule has 18 heavy (non-hydrogen) atoms. The lowest BCUT2D eigenvalue weighted by atomic mass is 10.2. The van der Waals surface area contributed by atoms with Crippen LogP contribution in [-0.4, -0.2) is 21.5 Å².